The largest absolute Gasteiger partial charge is 0.452 e. The number of benzene rings is 4. The fraction of sp³-hybridized carbons (Fsp3) is 0.207. The molecule has 5 rings (SSSR count). The molecule has 1 amide bonds. The van der Waals surface area contributed by atoms with Gasteiger partial charge in [0.25, 0.3) is 5.91 Å². The minimum Gasteiger partial charge on any atom is -0.452 e. The molecule has 0 N–H and O–H groups in total. The third-order valence-electron chi connectivity index (χ3n) is 6.63. The molecule has 4 aromatic rings. The van der Waals surface area contributed by atoms with Gasteiger partial charge in [0.05, 0.1) is 11.3 Å². The lowest BCUT2D eigenvalue weighted by atomic mass is 9.97. The van der Waals surface area contributed by atoms with Crippen LogP contribution < -0.4 is 4.90 Å². The van der Waals surface area contributed by atoms with Crippen molar-refractivity contribution in [2.24, 2.45) is 0 Å². The number of amides is 1. The second-order valence-corrected chi connectivity index (χ2v) is 8.86. The normalized spacial score (nSPS) is 13.7. The SMILES string of the molecule is CC(=O)c1ccc(N2CCN(C(=O)COC(=O)c3c4ccccc4cc4ccccc34)CC2)c(F)c1. The summed E-state index contributed by atoms with van der Waals surface area (Å²) in [5, 5.41) is 3.41. The van der Waals surface area contributed by atoms with Crippen LogP contribution in [0.2, 0.25) is 0 Å². The summed E-state index contributed by atoms with van der Waals surface area (Å²) < 4.78 is 20.0. The van der Waals surface area contributed by atoms with E-state index in [9.17, 15) is 18.8 Å². The maximum absolute atomic E-state index is 14.5. The van der Waals surface area contributed by atoms with E-state index in [-0.39, 0.29) is 18.3 Å². The van der Waals surface area contributed by atoms with Crippen LogP contribution in [-0.4, -0.2) is 55.3 Å². The number of Topliss-reactive ketones (excluding diaryl/α,β-unsaturated/α-hetero) is 1. The molecule has 0 radical (unpaired) electrons. The van der Waals surface area contributed by atoms with Gasteiger partial charge in [-0.05, 0) is 52.7 Å². The van der Waals surface area contributed by atoms with E-state index in [1.54, 1.807) is 17.0 Å². The minimum absolute atomic E-state index is 0.193. The fourth-order valence-electron chi connectivity index (χ4n) is 4.70. The van der Waals surface area contributed by atoms with Crippen LogP contribution in [0.5, 0.6) is 0 Å². The summed E-state index contributed by atoms with van der Waals surface area (Å²) in [6.45, 7) is 2.66. The van der Waals surface area contributed by atoms with E-state index < -0.39 is 11.8 Å². The zero-order valence-corrected chi connectivity index (χ0v) is 19.9. The topological polar surface area (TPSA) is 66.9 Å². The highest BCUT2D eigenvalue weighted by Gasteiger charge is 2.25. The Kier molecular flexibility index (Phi) is 6.38. The molecule has 0 aromatic heterocycles. The molecule has 0 bridgehead atoms. The number of hydrogen-bond acceptors (Lipinski definition) is 5. The van der Waals surface area contributed by atoms with Crippen molar-refractivity contribution >= 4 is 44.9 Å². The molecule has 36 heavy (non-hydrogen) atoms. The molecular formula is C29H25FN2O4. The number of fused-ring (bicyclic) bond motifs is 2. The quantitative estimate of drug-likeness (QED) is 0.230. The number of rotatable bonds is 5. The number of anilines is 1. The number of nitrogens with zero attached hydrogens (tertiary/aromatic N) is 2. The number of esters is 1. The first kappa shape index (κ1) is 23.5. The summed E-state index contributed by atoms with van der Waals surface area (Å²) in [6.07, 6.45) is 0. The Labute approximate surface area is 207 Å². The molecule has 0 unspecified atom stereocenters. The smallest absolute Gasteiger partial charge is 0.339 e. The highest BCUT2D eigenvalue weighted by molar-refractivity contribution is 6.16. The van der Waals surface area contributed by atoms with Gasteiger partial charge in [-0.2, -0.15) is 0 Å². The lowest BCUT2D eigenvalue weighted by Gasteiger charge is -2.36. The summed E-state index contributed by atoms with van der Waals surface area (Å²) in [7, 11) is 0. The van der Waals surface area contributed by atoms with E-state index in [1.807, 2.05) is 59.5 Å². The van der Waals surface area contributed by atoms with Crippen molar-refractivity contribution in [1.29, 1.82) is 0 Å². The maximum Gasteiger partial charge on any atom is 0.339 e. The Morgan fingerprint density at radius 3 is 2.03 bits per heavy atom. The monoisotopic (exact) mass is 484 g/mol. The van der Waals surface area contributed by atoms with Crippen molar-refractivity contribution < 1.29 is 23.5 Å². The van der Waals surface area contributed by atoms with E-state index in [4.69, 9.17) is 4.74 Å². The van der Waals surface area contributed by atoms with Crippen molar-refractivity contribution in [3.8, 4) is 0 Å². The van der Waals surface area contributed by atoms with E-state index in [0.717, 1.165) is 21.5 Å². The summed E-state index contributed by atoms with van der Waals surface area (Å²) in [6, 6.07) is 21.7. The Morgan fingerprint density at radius 1 is 0.833 bits per heavy atom. The van der Waals surface area contributed by atoms with Gasteiger partial charge in [-0.25, -0.2) is 9.18 Å². The van der Waals surface area contributed by atoms with Crippen molar-refractivity contribution in [3.05, 3.63) is 89.7 Å². The standard InChI is InChI=1S/C29H25FN2O4/c1-19(33)20-10-11-26(25(30)17-20)31-12-14-32(15-13-31)27(34)18-36-29(35)28-23-8-4-2-6-21(23)16-22-7-3-5-9-24(22)28/h2-11,16-17H,12-15,18H2,1H3. The van der Waals surface area contributed by atoms with Crippen LogP contribution in [0.4, 0.5) is 10.1 Å². The fourth-order valence-corrected chi connectivity index (χ4v) is 4.70. The van der Waals surface area contributed by atoms with Gasteiger partial charge in [-0.1, -0.05) is 48.5 Å². The predicted octanol–water partition coefficient (Wildman–Crippen LogP) is 4.84. The van der Waals surface area contributed by atoms with Gasteiger partial charge in [-0.15, -0.1) is 0 Å². The van der Waals surface area contributed by atoms with Crippen LogP contribution in [0.1, 0.15) is 27.6 Å². The molecule has 1 heterocycles. The molecule has 0 spiro atoms. The summed E-state index contributed by atoms with van der Waals surface area (Å²) in [5.74, 6) is -1.48. The third-order valence-corrected chi connectivity index (χ3v) is 6.63. The zero-order chi connectivity index (χ0) is 25.2. The first-order valence-corrected chi connectivity index (χ1v) is 11.8. The van der Waals surface area contributed by atoms with Gasteiger partial charge in [0.2, 0.25) is 0 Å². The molecule has 4 aromatic carbocycles. The molecule has 1 saturated heterocycles. The van der Waals surface area contributed by atoms with Gasteiger partial charge >= 0.3 is 5.97 Å². The first-order valence-electron chi connectivity index (χ1n) is 11.8. The summed E-state index contributed by atoms with van der Waals surface area (Å²) >= 11 is 0. The van der Waals surface area contributed by atoms with Crippen LogP contribution in [0, 0.1) is 5.82 Å². The van der Waals surface area contributed by atoms with Gasteiger partial charge in [0, 0.05) is 31.7 Å². The number of carbonyl (C=O) groups excluding carboxylic acids is 3. The highest BCUT2D eigenvalue weighted by Crippen LogP contribution is 2.29. The number of piperazine rings is 1. The summed E-state index contributed by atoms with van der Waals surface area (Å²) in [4.78, 5) is 40.9. The maximum atomic E-state index is 14.5. The van der Waals surface area contributed by atoms with Crippen molar-refractivity contribution in [2.45, 2.75) is 6.92 Å². The van der Waals surface area contributed by atoms with Crippen molar-refractivity contribution in [3.63, 3.8) is 0 Å². The molecule has 0 aliphatic carbocycles. The van der Waals surface area contributed by atoms with Crippen LogP contribution in [0.25, 0.3) is 21.5 Å². The second-order valence-electron chi connectivity index (χ2n) is 8.86. The molecule has 1 fully saturated rings. The molecule has 182 valence electrons. The molecule has 7 heteroatoms. The number of hydrogen-bond donors (Lipinski definition) is 0. The number of halogens is 1. The van der Waals surface area contributed by atoms with Gasteiger partial charge in [0.1, 0.15) is 5.82 Å². The van der Waals surface area contributed by atoms with E-state index in [2.05, 4.69) is 0 Å². The number of carbonyl (C=O) groups is 3. The van der Waals surface area contributed by atoms with Crippen LogP contribution in [0.15, 0.2) is 72.8 Å². The van der Waals surface area contributed by atoms with Crippen molar-refractivity contribution in [1.82, 2.24) is 4.90 Å². The summed E-state index contributed by atoms with van der Waals surface area (Å²) in [5.41, 5.74) is 1.18. The molecule has 1 aliphatic rings. The van der Waals surface area contributed by atoms with Crippen molar-refractivity contribution in [2.75, 3.05) is 37.7 Å². The predicted molar refractivity (Wildman–Crippen MR) is 137 cm³/mol. The number of ketones is 1. The average Bonchev–Trinajstić information content (AvgIpc) is 2.90. The lowest BCUT2D eigenvalue weighted by Crippen LogP contribution is -2.50. The van der Waals surface area contributed by atoms with E-state index in [0.29, 0.717) is 43.0 Å². The third kappa shape index (κ3) is 4.52. The van der Waals surface area contributed by atoms with E-state index in [1.165, 1.54) is 13.0 Å². The number of ether oxygens (including phenoxy) is 1. The average molecular weight is 485 g/mol. The first-order chi connectivity index (χ1) is 17.4. The Hall–Kier alpha value is -4.26. The van der Waals surface area contributed by atoms with E-state index >= 15 is 0 Å². The Balaban J connectivity index is 1.25. The zero-order valence-electron chi connectivity index (χ0n) is 19.9. The van der Waals surface area contributed by atoms with Crippen LogP contribution in [-0.2, 0) is 9.53 Å². The molecule has 1 aliphatic heterocycles. The molecule has 0 atom stereocenters. The molecular weight excluding hydrogens is 459 g/mol. The highest BCUT2D eigenvalue weighted by atomic mass is 19.1. The van der Waals surface area contributed by atoms with Gasteiger partial charge < -0.3 is 14.5 Å². The molecule has 0 saturated carbocycles. The van der Waals surface area contributed by atoms with Crippen LogP contribution in [0.3, 0.4) is 0 Å². The van der Waals surface area contributed by atoms with Gasteiger partial charge in [0.15, 0.2) is 12.4 Å². The van der Waals surface area contributed by atoms with Crippen LogP contribution >= 0.6 is 0 Å². The molecule has 6 nitrogen and oxygen atoms in total. The Bertz CT molecular complexity index is 1440. The second kappa shape index (κ2) is 9.77. The minimum atomic E-state index is -0.539. The Morgan fingerprint density at radius 2 is 1.44 bits per heavy atom. The lowest BCUT2D eigenvalue weighted by molar-refractivity contribution is -0.134. The van der Waals surface area contributed by atoms with Gasteiger partial charge in [-0.3, -0.25) is 9.59 Å².